The normalized spacial score (nSPS) is 13.6. The lowest BCUT2D eigenvalue weighted by Gasteiger charge is -2.14. The maximum Gasteiger partial charge on any atom is 0.224 e. The highest BCUT2D eigenvalue weighted by molar-refractivity contribution is 5.90. The van der Waals surface area contributed by atoms with Crippen molar-refractivity contribution in [2.45, 2.75) is 38.6 Å². The maximum atomic E-state index is 12.3. The minimum absolute atomic E-state index is 0.0744. The summed E-state index contributed by atoms with van der Waals surface area (Å²) in [6, 6.07) is 14.3. The van der Waals surface area contributed by atoms with E-state index in [0.29, 0.717) is 13.0 Å². The van der Waals surface area contributed by atoms with Crippen molar-refractivity contribution in [2.24, 2.45) is 0 Å². The summed E-state index contributed by atoms with van der Waals surface area (Å²) in [6.45, 7) is 1.44. The molecular formula is C21H23N3O. The van der Waals surface area contributed by atoms with Crippen molar-refractivity contribution in [1.29, 1.82) is 0 Å². The molecule has 0 atom stereocenters. The van der Waals surface area contributed by atoms with Crippen molar-refractivity contribution in [3.8, 4) is 0 Å². The molecule has 4 nitrogen and oxygen atoms in total. The van der Waals surface area contributed by atoms with Crippen LogP contribution < -0.4 is 5.32 Å². The fraction of sp³-hybridized carbons (Fsp3) is 0.333. The van der Waals surface area contributed by atoms with E-state index in [9.17, 15) is 4.79 Å². The van der Waals surface area contributed by atoms with Crippen LogP contribution in [0.4, 0.5) is 0 Å². The fourth-order valence-electron chi connectivity index (χ4n) is 3.72. The Labute approximate surface area is 147 Å². The first-order valence-corrected chi connectivity index (χ1v) is 9.07. The highest BCUT2D eigenvalue weighted by Crippen LogP contribution is 2.20. The van der Waals surface area contributed by atoms with Gasteiger partial charge in [0.05, 0.1) is 18.4 Å². The van der Waals surface area contributed by atoms with Crippen molar-refractivity contribution < 1.29 is 4.79 Å². The molecule has 1 aliphatic carbocycles. The third-order valence-electron chi connectivity index (χ3n) is 5.02. The second-order valence-corrected chi connectivity index (χ2v) is 6.70. The minimum Gasteiger partial charge on any atom is -0.354 e. The number of carbonyl (C=O) groups is 1. The van der Waals surface area contributed by atoms with E-state index in [1.54, 1.807) is 0 Å². The van der Waals surface area contributed by atoms with Gasteiger partial charge in [0.1, 0.15) is 0 Å². The van der Waals surface area contributed by atoms with E-state index in [2.05, 4.69) is 33.1 Å². The van der Waals surface area contributed by atoms with Gasteiger partial charge in [0, 0.05) is 18.8 Å². The number of hydrogen-bond donors (Lipinski definition) is 1. The van der Waals surface area contributed by atoms with Gasteiger partial charge < -0.3 is 9.88 Å². The zero-order valence-corrected chi connectivity index (χ0v) is 14.4. The fourth-order valence-corrected chi connectivity index (χ4v) is 3.72. The molecule has 1 amide bonds. The van der Waals surface area contributed by atoms with Gasteiger partial charge in [0.2, 0.25) is 5.91 Å². The summed E-state index contributed by atoms with van der Waals surface area (Å²) < 4.78 is 2.20. The van der Waals surface area contributed by atoms with Gasteiger partial charge >= 0.3 is 0 Å². The molecule has 2 aromatic carbocycles. The molecule has 4 heteroatoms. The third-order valence-corrected chi connectivity index (χ3v) is 5.02. The standard InChI is InChI=1S/C21H23N3O/c25-21(14-17-8-5-7-16-6-1-2-9-18(16)17)22-12-13-24-15-23-19-10-3-4-11-20(19)24/h1-2,5-9,15H,3-4,10-14H2,(H,22,25). The van der Waals surface area contributed by atoms with Gasteiger partial charge in [0.25, 0.3) is 0 Å². The summed E-state index contributed by atoms with van der Waals surface area (Å²) in [4.78, 5) is 16.8. The molecule has 25 heavy (non-hydrogen) atoms. The summed E-state index contributed by atoms with van der Waals surface area (Å²) in [5.74, 6) is 0.0744. The number of carbonyl (C=O) groups excluding carboxylic acids is 1. The lowest BCUT2D eigenvalue weighted by Crippen LogP contribution is -2.29. The highest BCUT2D eigenvalue weighted by Gasteiger charge is 2.15. The van der Waals surface area contributed by atoms with Crippen LogP contribution in [0.2, 0.25) is 0 Å². The Balaban J connectivity index is 1.36. The summed E-state index contributed by atoms with van der Waals surface area (Å²) in [6.07, 6.45) is 7.03. The second kappa shape index (κ2) is 7.09. The van der Waals surface area contributed by atoms with E-state index in [-0.39, 0.29) is 5.91 Å². The van der Waals surface area contributed by atoms with Crippen LogP contribution in [-0.2, 0) is 30.6 Å². The highest BCUT2D eigenvalue weighted by atomic mass is 16.1. The van der Waals surface area contributed by atoms with Crippen LogP contribution in [0.3, 0.4) is 0 Å². The number of nitrogens with zero attached hydrogens (tertiary/aromatic N) is 2. The monoisotopic (exact) mass is 333 g/mol. The van der Waals surface area contributed by atoms with Gasteiger partial charge in [-0.3, -0.25) is 4.79 Å². The Morgan fingerprint density at radius 1 is 1.08 bits per heavy atom. The van der Waals surface area contributed by atoms with Gasteiger partial charge in [0.15, 0.2) is 0 Å². The van der Waals surface area contributed by atoms with E-state index < -0.39 is 0 Å². The summed E-state index contributed by atoms with van der Waals surface area (Å²) in [5.41, 5.74) is 3.68. The van der Waals surface area contributed by atoms with Gasteiger partial charge in [-0.15, -0.1) is 0 Å². The Bertz CT molecular complexity index is 892. The van der Waals surface area contributed by atoms with Crippen LogP contribution in [0.15, 0.2) is 48.8 Å². The van der Waals surface area contributed by atoms with E-state index in [4.69, 9.17) is 0 Å². The molecule has 3 aromatic rings. The van der Waals surface area contributed by atoms with Crippen molar-refractivity contribution >= 4 is 16.7 Å². The van der Waals surface area contributed by atoms with Crippen molar-refractivity contribution in [1.82, 2.24) is 14.9 Å². The molecule has 0 spiro atoms. The number of aromatic nitrogens is 2. The summed E-state index contributed by atoms with van der Waals surface area (Å²) in [5, 5.41) is 5.39. The third kappa shape index (κ3) is 3.43. The Morgan fingerprint density at radius 2 is 1.92 bits per heavy atom. The molecule has 1 aliphatic rings. The maximum absolute atomic E-state index is 12.3. The van der Waals surface area contributed by atoms with Gasteiger partial charge in [-0.05, 0) is 42.0 Å². The number of imidazole rings is 1. The Morgan fingerprint density at radius 3 is 2.88 bits per heavy atom. The largest absolute Gasteiger partial charge is 0.354 e. The molecule has 0 unspecified atom stereocenters. The van der Waals surface area contributed by atoms with Crippen LogP contribution in [0, 0.1) is 0 Å². The molecule has 0 saturated heterocycles. The van der Waals surface area contributed by atoms with Crippen LogP contribution in [0.1, 0.15) is 29.8 Å². The quantitative estimate of drug-likeness (QED) is 0.779. The van der Waals surface area contributed by atoms with Crippen molar-refractivity contribution in [3.05, 3.63) is 65.7 Å². The molecule has 0 radical (unpaired) electrons. The molecule has 0 aliphatic heterocycles. The first kappa shape index (κ1) is 15.9. The molecule has 0 bridgehead atoms. The molecular weight excluding hydrogens is 310 g/mol. The van der Waals surface area contributed by atoms with Crippen LogP contribution in [0.5, 0.6) is 0 Å². The molecule has 128 valence electrons. The average molecular weight is 333 g/mol. The Kier molecular flexibility index (Phi) is 4.51. The number of benzene rings is 2. The van der Waals surface area contributed by atoms with Crippen LogP contribution in [0.25, 0.3) is 10.8 Å². The smallest absolute Gasteiger partial charge is 0.224 e. The lowest BCUT2D eigenvalue weighted by molar-refractivity contribution is -0.120. The van der Waals surface area contributed by atoms with E-state index in [0.717, 1.165) is 30.3 Å². The van der Waals surface area contributed by atoms with Gasteiger partial charge in [-0.1, -0.05) is 42.5 Å². The molecule has 1 heterocycles. The predicted molar refractivity (Wildman–Crippen MR) is 99.5 cm³/mol. The molecule has 0 saturated carbocycles. The van der Waals surface area contributed by atoms with E-state index >= 15 is 0 Å². The number of amides is 1. The SMILES string of the molecule is O=C(Cc1cccc2ccccc12)NCCn1cnc2c1CCCC2. The van der Waals surface area contributed by atoms with Gasteiger partial charge in [-0.25, -0.2) is 4.98 Å². The molecule has 1 aromatic heterocycles. The summed E-state index contributed by atoms with van der Waals surface area (Å²) >= 11 is 0. The molecule has 1 N–H and O–H groups in total. The number of aryl methyl sites for hydroxylation is 1. The topological polar surface area (TPSA) is 46.9 Å². The number of hydrogen-bond acceptors (Lipinski definition) is 2. The molecule has 4 rings (SSSR count). The number of nitrogens with one attached hydrogen (secondary N) is 1. The zero-order chi connectivity index (χ0) is 17.1. The average Bonchev–Trinajstić information content (AvgIpc) is 3.05. The molecule has 0 fully saturated rings. The van der Waals surface area contributed by atoms with Crippen LogP contribution in [-0.4, -0.2) is 22.0 Å². The van der Waals surface area contributed by atoms with Crippen LogP contribution >= 0.6 is 0 Å². The summed E-state index contributed by atoms with van der Waals surface area (Å²) in [7, 11) is 0. The number of rotatable bonds is 5. The minimum atomic E-state index is 0.0744. The number of fused-ring (bicyclic) bond motifs is 2. The van der Waals surface area contributed by atoms with Crippen molar-refractivity contribution in [3.63, 3.8) is 0 Å². The van der Waals surface area contributed by atoms with Gasteiger partial charge in [-0.2, -0.15) is 0 Å². The first-order valence-electron chi connectivity index (χ1n) is 9.07. The zero-order valence-electron chi connectivity index (χ0n) is 14.4. The van der Waals surface area contributed by atoms with E-state index in [1.807, 2.05) is 30.6 Å². The lowest BCUT2D eigenvalue weighted by atomic mass is 10.0. The predicted octanol–water partition coefficient (Wildman–Crippen LogP) is 3.27. The Hall–Kier alpha value is -2.62. The van der Waals surface area contributed by atoms with E-state index in [1.165, 1.54) is 29.6 Å². The van der Waals surface area contributed by atoms with Crippen molar-refractivity contribution in [2.75, 3.05) is 6.54 Å². The first-order chi connectivity index (χ1) is 12.3. The second-order valence-electron chi connectivity index (χ2n) is 6.70.